The Morgan fingerprint density at radius 1 is 0.517 bits per heavy atom. The van der Waals surface area contributed by atoms with Gasteiger partial charge in [-0.15, -0.1) is 0 Å². The topological polar surface area (TPSA) is 217 Å². The highest BCUT2D eigenvalue weighted by atomic mass is 16.6. The second-order valence-corrected chi connectivity index (χ2v) is 19.2. The number of nitrogens with one attached hydrogen (secondary N) is 3. The Hall–Kier alpha value is -4.02. The summed E-state index contributed by atoms with van der Waals surface area (Å²) in [5.41, 5.74) is 1.82. The molecule has 0 atom stereocenters. The van der Waals surface area contributed by atoms with E-state index in [0.717, 1.165) is 57.8 Å². The van der Waals surface area contributed by atoms with Gasteiger partial charge in [-0.2, -0.15) is 10.5 Å². The van der Waals surface area contributed by atoms with Gasteiger partial charge < -0.3 is 43.9 Å². The maximum absolute atomic E-state index is 12.0. The second-order valence-electron chi connectivity index (χ2n) is 19.2. The molecule has 16 heteroatoms. The predicted molar refractivity (Wildman–Crippen MR) is 229 cm³/mol. The van der Waals surface area contributed by atoms with E-state index < -0.39 is 12.2 Å². The molecule has 0 aromatic carbocycles. The van der Waals surface area contributed by atoms with Crippen molar-refractivity contribution in [3.8, 4) is 12.5 Å². The molecule has 2 amide bonds. The summed E-state index contributed by atoms with van der Waals surface area (Å²) in [6, 6.07) is 0. The maximum Gasteiger partial charge on any atom is 0.407 e. The van der Waals surface area contributed by atoms with E-state index in [1.54, 1.807) is 19.6 Å². The number of ether oxygens (including phenoxy) is 6. The fourth-order valence-electron chi connectivity index (χ4n) is 5.23. The largest absolute Gasteiger partial charge is 0.466 e. The van der Waals surface area contributed by atoms with Crippen LogP contribution in [-0.4, -0.2) is 90.5 Å². The lowest BCUT2D eigenvalue weighted by atomic mass is 9.86. The van der Waals surface area contributed by atoms with Gasteiger partial charge in [-0.1, -0.05) is 89.0 Å². The van der Waals surface area contributed by atoms with Crippen LogP contribution in [0.3, 0.4) is 0 Å². The van der Waals surface area contributed by atoms with Crippen molar-refractivity contribution in [3.63, 3.8) is 0 Å². The molecule has 0 radical (unpaired) electrons. The zero-order chi connectivity index (χ0) is 46.1. The standard InChI is InChI=1S/C24H45N3O6.C20H36N2O5/c1-22(2,13-15-30-19-25)12-14-27-21(29)32-16-23(3,4)11-9-8-10-20(28)31-17-24(5,6)18-33-26-7;1-6-12-26-17(23)9-7-8-10-20(4,5)15-27-18(24)22-14-19(2,3)11-13-25-16-21/h26H,8-18H2,1-7H3,(H,27,29);6-15H2,1-5H3,(H,22,24). The van der Waals surface area contributed by atoms with Gasteiger partial charge in [0, 0.05) is 38.4 Å². The number of carbonyl (C=O) groups excluding carboxylic acids is 4. The first-order chi connectivity index (χ1) is 27.9. The molecule has 0 aliphatic heterocycles. The average molecular weight is 856 g/mol. The molecule has 60 heavy (non-hydrogen) atoms. The molecule has 0 aliphatic carbocycles. The summed E-state index contributed by atoms with van der Waals surface area (Å²) >= 11 is 0. The van der Waals surface area contributed by atoms with Gasteiger partial charge in [0.05, 0.1) is 33.0 Å². The summed E-state index contributed by atoms with van der Waals surface area (Å²) in [7, 11) is 1.69. The lowest BCUT2D eigenvalue weighted by Gasteiger charge is -2.26. The summed E-state index contributed by atoms with van der Waals surface area (Å²) in [5.74, 6) is -0.351. The molecule has 3 N–H and O–H groups in total. The molecule has 0 aromatic heterocycles. The quantitative estimate of drug-likeness (QED) is 0.0190. The van der Waals surface area contributed by atoms with Gasteiger partial charge in [0.1, 0.15) is 13.2 Å². The van der Waals surface area contributed by atoms with Crippen molar-refractivity contribution < 1.29 is 52.4 Å². The molecular weight excluding hydrogens is 775 g/mol. The third-order valence-electron chi connectivity index (χ3n) is 9.53. The fourth-order valence-corrected chi connectivity index (χ4v) is 5.23. The number of unbranched alkanes of at least 4 members (excludes halogenated alkanes) is 2. The van der Waals surface area contributed by atoms with E-state index in [1.807, 2.05) is 62.3 Å². The molecule has 0 fully saturated rings. The lowest BCUT2D eigenvalue weighted by molar-refractivity contribution is -0.148. The van der Waals surface area contributed by atoms with Crippen LogP contribution in [0.5, 0.6) is 0 Å². The number of alkyl carbamates (subject to hydrolysis) is 2. The minimum Gasteiger partial charge on any atom is -0.466 e. The number of amides is 2. The van der Waals surface area contributed by atoms with Crippen LogP contribution in [0.25, 0.3) is 0 Å². The lowest BCUT2D eigenvalue weighted by Crippen LogP contribution is -2.36. The monoisotopic (exact) mass is 856 g/mol. The Kier molecular flexibility index (Phi) is 30.8. The average Bonchev–Trinajstić information content (AvgIpc) is 3.17. The summed E-state index contributed by atoms with van der Waals surface area (Å²) in [4.78, 5) is 52.5. The molecule has 0 saturated carbocycles. The molecule has 16 nitrogen and oxygen atoms in total. The molecule has 0 rings (SSSR count). The summed E-state index contributed by atoms with van der Waals surface area (Å²) < 4.78 is 30.5. The van der Waals surface area contributed by atoms with E-state index in [2.05, 4.69) is 34.7 Å². The molecule has 0 spiro atoms. The van der Waals surface area contributed by atoms with Crippen molar-refractivity contribution in [3.05, 3.63) is 0 Å². The van der Waals surface area contributed by atoms with E-state index in [0.29, 0.717) is 78.6 Å². The van der Waals surface area contributed by atoms with Crippen molar-refractivity contribution in [1.29, 1.82) is 10.5 Å². The van der Waals surface area contributed by atoms with Crippen LogP contribution in [0, 0.1) is 50.1 Å². The van der Waals surface area contributed by atoms with Crippen molar-refractivity contribution in [1.82, 2.24) is 16.1 Å². The zero-order valence-electron chi connectivity index (χ0n) is 39.2. The summed E-state index contributed by atoms with van der Waals surface area (Å²) in [5, 5.41) is 22.4. The van der Waals surface area contributed by atoms with Gasteiger partial charge in [-0.25, -0.2) is 15.1 Å². The Balaban J connectivity index is 0. The van der Waals surface area contributed by atoms with E-state index in [9.17, 15) is 19.2 Å². The number of rotatable bonds is 32. The first-order valence-electron chi connectivity index (χ1n) is 21.4. The third-order valence-corrected chi connectivity index (χ3v) is 9.53. The van der Waals surface area contributed by atoms with E-state index in [4.69, 9.17) is 39.0 Å². The predicted octanol–water partition coefficient (Wildman–Crippen LogP) is 8.49. The maximum atomic E-state index is 12.0. The SMILES string of the molecule is CCCOC(=O)CCCCC(C)(C)COC(=O)NCC(C)(C)CCOC#N.CNOCC(C)(C)COC(=O)CCCCC(C)(C)COC(=O)NCCC(C)(C)CCOC#N. The van der Waals surface area contributed by atoms with Crippen LogP contribution in [0.15, 0.2) is 0 Å². The van der Waals surface area contributed by atoms with Crippen molar-refractivity contribution in [2.75, 3.05) is 66.4 Å². The fraction of sp³-hybridized carbons (Fsp3) is 0.864. The first kappa shape index (κ1) is 58.1. The van der Waals surface area contributed by atoms with Gasteiger partial charge in [-0.05, 0) is 73.0 Å². The smallest absolute Gasteiger partial charge is 0.407 e. The van der Waals surface area contributed by atoms with Gasteiger partial charge in [-0.3, -0.25) is 9.59 Å². The second kappa shape index (κ2) is 31.8. The Morgan fingerprint density at radius 3 is 1.47 bits per heavy atom. The molecule has 0 aromatic rings. The van der Waals surface area contributed by atoms with E-state index in [-0.39, 0.29) is 39.0 Å². The Morgan fingerprint density at radius 2 is 0.983 bits per heavy atom. The minimum absolute atomic E-state index is 0.0409. The molecule has 348 valence electrons. The van der Waals surface area contributed by atoms with Crippen molar-refractivity contribution in [2.24, 2.45) is 27.1 Å². The van der Waals surface area contributed by atoms with Crippen molar-refractivity contribution in [2.45, 2.75) is 153 Å². The molecular formula is C44H81N5O11. The van der Waals surface area contributed by atoms with E-state index >= 15 is 0 Å². The number of nitriles is 2. The van der Waals surface area contributed by atoms with Crippen LogP contribution in [0.1, 0.15) is 153 Å². The minimum atomic E-state index is -0.444. The number of carbonyl (C=O) groups is 4. The highest BCUT2D eigenvalue weighted by molar-refractivity contribution is 5.69. The molecule has 0 unspecified atom stereocenters. The highest BCUT2D eigenvalue weighted by Crippen LogP contribution is 2.27. The molecule has 0 heterocycles. The third kappa shape index (κ3) is 37.0. The van der Waals surface area contributed by atoms with Crippen LogP contribution < -0.4 is 16.1 Å². The van der Waals surface area contributed by atoms with Gasteiger partial charge >= 0.3 is 24.1 Å². The Bertz CT molecular complexity index is 1290. The van der Waals surface area contributed by atoms with E-state index in [1.165, 1.54) is 0 Å². The molecule has 0 aliphatic rings. The normalized spacial score (nSPS) is 11.8. The molecule has 0 bridgehead atoms. The number of hydrogen-bond donors (Lipinski definition) is 3. The number of esters is 2. The number of hydrogen-bond acceptors (Lipinski definition) is 14. The summed E-state index contributed by atoms with van der Waals surface area (Å²) in [6.45, 7) is 25.7. The van der Waals surface area contributed by atoms with Crippen LogP contribution in [0.2, 0.25) is 0 Å². The van der Waals surface area contributed by atoms with Gasteiger partial charge in [0.25, 0.3) is 12.5 Å². The van der Waals surface area contributed by atoms with Crippen LogP contribution in [-0.2, 0) is 42.8 Å². The highest BCUT2D eigenvalue weighted by Gasteiger charge is 2.25. The Labute approximate surface area is 361 Å². The van der Waals surface area contributed by atoms with Crippen LogP contribution >= 0.6 is 0 Å². The van der Waals surface area contributed by atoms with Crippen molar-refractivity contribution >= 4 is 24.1 Å². The van der Waals surface area contributed by atoms with Gasteiger partial charge in [0.2, 0.25) is 0 Å². The number of hydroxylamine groups is 1. The van der Waals surface area contributed by atoms with Gasteiger partial charge in [0.15, 0.2) is 0 Å². The summed E-state index contributed by atoms with van der Waals surface area (Å²) in [6.07, 6.45) is 11.2. The number of nitrogens with zero attached hydrogens (tertiary/aromatic N) is 2. The first-order valence-corrected chi connectivity index (χ1v) is 21.4. The van der Waals surface area contributed by atoms with Crippen LogP contribution in [0.4, 0.5) is 9.59 Å². The molecule has 0 saturated heterocycles. The zero-order valence-corrected chi connectivity index (χ0v) is 39.2.